The Labute approximate surface area is 227 Å². The summed E-state index contributed by atoms with van der Waals surface area (Å²) in [5.41, 5.74) is 0.120. The van der Waals surface area contributed by atoms with Gasteiger partial charge in [0.25, 0.3) is 0 Å². The van der Waals surface area contributed by atoms with Gasteiger partial charge in [-0.05, 0) is 51.1 Å². The van der Waals surface area contributed by atoms with Crippen LogP contribution in [0.5, 0.6) is 0 Å². The van der Waals surface area contributed by atoms with Crippen LogP contribution in [0.4, 0.5) is 18.4 Å². The van der Waals surface area contributed by atoms with Gasteiger partial charge < -0.3 is 35.1 Å². The summed E-state index contributed by atoms with van der Waals surface area (Å²) in [7, 11) is 3.11. The third-order valence-electron chi connectivity index (χ3n) is 7.14. The molecule has 0 spiro atoms. The molecule has 214 valence electrons. The number of amides is 3. The van der Waals surface area contributed by atoms with Crippen LogP contribution in [0.2, 0.25) is 5.02 Å². The van der Waals surface area contributed by atoms with Crippen molar-refractivity contribution in [1.82, 2.24) is 20.9 Å². The SMILES string of the molecule is CNC[C@H](CC1CCOCC1)NC(=O)N1CCCC(C(OCCNC(=O)OC)c2ccc(F)c(Cl)c2F)C1. The van der Waals surface area contributed by atoms with Gasteiger partial charge in [-0.2, -0.15) is 0 Å². The van der Waals surface area contributed by atoms with Crippen LogP contribution < -0.4 is 16.0 Å². The van der Waals surface area contributed by atoms with Gasteiger partial charge in [0.2, 0.25) is 0 Å². The van der Waals surface area contributed by atoms with Gasteiger partial charge in [0.1, 0.15) is 10.8 Å². The van der Waals surface area contributed by atoms with Crippen molar-refractivity contribution in [2.45, 2.75) is 44.2 Å². The van der Waals surface area contributed by atoms with E-state index in [1.807, 2.05) is 7.05 Å². The van der Waals surface area contributed by atoms with Gasteiger partial charge in [-0.1, -0.05) is 17.7 Å². The molecule has 3 N–H and O–H groups in total. The summed E-state index contributed by atoms with van der Waals surface area (Å²) in [5.74, 6) is -1.51. The molecule has 9 nitrogen and oxygen atoms in total. The average molecular weight is 561 g/mol. The summed E-state index contributed by atoms with van der Waals surface area (Å²) < 4.78 is 44.9. The lowest BCUT2D eigenvalue weighted by molar-refractivity contribution is -0.0107. The molecule has 1 aromatic rings. The molecule has 0 bridgehead atoms. The summed E-state index contributed by atoms with van der Waals surface area (Å²) >= 11 is 5.87. The maximum Gasteiger partial charge on any atom is 0.406 e. The lowest BCUT2D eigenvalue weighted by Crippen LogP contribution is -2.52. The quantitative estimate of drug-likeness (QED) is 0.281. The second-order valence-electron chi connectivity index (χ2n) is 9.82. The lowest BCUT2D eigenvalue weighted by atomic mass is 9.88. The fourth-order valence-corrected chi connectivity index (χ4v) is 5.36. The van der Waals surface area contributed by atoms with Crippen LogP contribution in [-0.4, -0.2) is 83.2 Å². The molecule has 0 aromatic heterocycles. The number of nitrogens with one attached hydrogen (secondary N) is 3. The van der Waals surface area contributed by atoms with Gasteiger partial charge in [-0.15, -0.1) is 0 Å². The number of likely N-dealkylation sites (tertiary alicyclic amines) is 1. The predicted octanol–water partition coefficient (Wildman–Crippen LogP) is 3.86. The molecule has 0 radical (unpaired) electrons. The topological polar surface area (TPSA) is 101 Å². The van der Waals surface area contributed by atoms with E-state index < -0.39 is 28.9 Å². The molecule has 2 unspecified atom stereocenters. The Morgan fingerprint density at radius 1 is 1.24 bits per heavy atom. The molecule has 38 heavy (non-hydrogen) atoms. The molecular formula is C26H39ClF2N4O5. The molecule has 2 heterocycles. The van der Waals surface area contributed by atoms with E-state index in [-0.39, 0.29) is 36.7 Å². The standard InChI is InChI=1S/C26H39ClF2N4O5/c1-30-15-19(14-17-7-11-37-12-8-17)32-25(34)33-10-3-4-18(16-33)24(38-13-9-31-26(35)36-2)20-5-6-21(28)22(27)23(20)29/h5-6,17-19,24,30H,3-4,7-16H2,1-2H3,(H,31,35)(H,32,34)/t18?,19-,24?/m0/s1. The zero-order valence-corrected chi connectivity index (χ0v) is 22.8. The van der Waals surface area contributed by atoms with Crippen molar-refractivity contribution in [2.75, 3.05) is 60.2 Å². The van der Waals surface area contributed by atoms with E-state index in [9.17, 15) is 14.0 Å². The predicted molar refractivity (Wildman–Crippen MR) is 139 cm³/mol. The number of nitrogens with zero attached hydrogens (tertiary/aromatic N) is 1. The highest BCUT2D eigenvalue weighted by atomic mass is 35.5. The van der Waals surface area contributed by atoms with Crippen molar-refractivity contribution >= 4 is 23.7 Å². The van der Waals surface area contributed by atoms with Crippen molar-refractivity contribution in [2.24, 2.45) is 11.8 Å². The number of halogens is 3. The van der Waals surface area contributed by atoms with Gasteiger partial charge in [0, 0.05) is 56.9 Å². The van der Waals surface area contributed by atoms with E-state index in [1.165, 1.54) is 13.2 Å². The van der Waals surface area contributed by atoms with Crippen molar-refractivity contribution in [3.63, 3.8) is 0 Å². The van der Waals surface area contributed by atoms with E-state index >= 15 is 4.39 Å². The minimum absolute atomic E-state index is 0.0271. The molecule has 2 aliphatic heterocycles. The maximum absolute atomic E-state index is 15.0. The number of hydrogen-bond donors (Lipinski definition) is 3. The van der Waals surface area contributed by atoms with Gasteiger partial charge >= 0.3 is 12.1 Å². The van der Waals surface area contributed by atoms with Gasteiger partial charge in [-0.25, -0.2) is 18.4 Å². The van der Waals surface area contributed by atoms with Crippen LogP contribution in [0.1, 0.15) is 43.8 Å². The molecule has 1 aromatic carbocycles. The fraction of sp³-hybridized carbons (Fsp3) is 0.692. The maximum atomic E-state index is 15.0. The number of carbonyl (C=O) groups excluding carboxylic acids is 2. The number of methoxy groups -OCH3 is 1. The molecule has 0 saturated carbocycles. The number of hydrogen-bond acceptors (Lipinski definition) is 6. The molecule has 2 saturated heterocycles. The highest BCUT2D eigenvalue weighted by Gasteiger charge is 2.34. The number of alkyl carbamates (subject to hydrolysis) is 1. The second kappa shape index (κ2) is 15.4. The van der Waals surface area contributed by atoms with Gasteiger partial charge in [-0.3, -0.25) is 0 Å². The number of piperidine rings is 1. The Hall–Kier alpha value is -2.21. The Morgan fingerprint density at radius 3 is 2.71 bits per heavy atom. The number of benzene rings is 1. The summed E-state index contributed by atoms with van der Waals surface area (Å²) in [5, 5.41) is 8.25. The highest BCUT2D eigenvalue weighted by Crippen LogP contribution is 2.36. The fourth-order valence-electron chi connectivity index (χ4n) is 5.18. The van der Waals surface area contributed by atoms with Crippen LogP contribution in [0, 0.1) is 23.5 Å². The van der Waals surface area contributed by atoms with E-state index in [1.54, 1.807) is 4.90 Å². The Morgan fingerprint density at radius 2 is 2.00 bits per heavy atom. The van der Waals surface area contributed by atoms with Crippen LogP contribution in [-0.2, 0) is 14.2 Å². The number of likely N-dealkylation sites (N-methyl/N-ethyl adjacent to an activating group) is 1. The lowest BCUT2D eigenvalue weighted by Gasteiger charge is -2.38. The van der Waals surface area contributed by atoms with Crippen LogP contribution >= 0.6 is 11.6 Å². The molecule has 3 amide bonds. The Kier molecular flexibility index (Phi) is 12.3. The number of urea groups is 1. The molecular weight excluding hydrogens is 522 g/mol. The summed E-state index contributed by atoms with van der Waals surface area (Å²) in [6, 6.07) is 2.23. The number of carbonyl (C=O) groups is 2. The minimum Gasteiger partial charge on any atom is -0.453 e. The third kappa shape index (κ3) is 8.65. The first-order chi connectivity index (χ1) is 18.3. The summed E-state index contributed by atoms with van der Waals surface area (Å²) in [6.45, 7) is 3.24. The van der Waals surface area contributed by atoms with Crippen LogP contribution in [0.15, 0.2) is 12.1 Å². The van der Waals surface area contributed by atoms with Crippen molar-refractivity contribution in [3.05, 3.63) is 34.4 Å². The molecule has 0 aliphatic carbocycles. The molecule has 2 aliphatic rings. The normalized spacial score (nSPS) is 20.0. The molecule has 3 atom stereocenters. The van der Waals surface area contributed by atoms with E-state index in [0.29, 0.717) is 38.4 Å². The van der Waals surface area contributed by atoms with E-state index in [2.05, 4.69) is 20.7 Å². The first kappa shape index (κ1) is 30.3. The van der Waals surface area contributed by atoms with E-state index in [0.717, 1.165) is 38.5 Å². The summed E-state index contributed by atoms with van der Waals surface area (Å²) in [6.07, 6.45) is 2.80. The third-order valence-corrected chi connectivity index (χ3v) is 7.48. The zero-order chi connectivity index (χ0) is 27.5. The van der Waals surface area contributed by atoms with Crippen LogP contribution in [0.3, 0.4) is 0 Å². The average Bonchev–Trinajstić information content (AvgIpc) is 2.93. The summed E-state index contributed by atoms with van der Waals surface area (Å²) in [4.78, 5) is 26.4. The van der Waals surface area contributed by atoms with E-state index in [4.69, 9.17) is 21.1 Å². The van der Waals surface area contributed by atoms with Crippen LogP contribution in [0.25, 0.3) is 0 Å². The Balaban J connectivity index is 1.69. The van der Waals surface area contributed by atoms with Gasteiger partial charge in [0.05, 0.1) is 19.8 Å². The van der Waals surface area contributed by atoms with Gasteiger partial charge in [0.15, 0.2) is 5.82 Å². The molecule has 2 fully saturated rings. The Bertz CT molecular complexity index is 922. The van der Waals surface area contributed by atoms with Crippen molar-refractivity contribution in [3.8, 4) is 0 Å². The molecule has 12 heteroatoms. The zero-order valence-electron chi connectivity index (χ0n) is 22.1. The van der Waals surface area contributed by atoms with Crippen molar-refractivity contribution in [1.29, 1.82) is 0 Å². The highest BCUT2D eigenvalue weighted by molar-refractivity contribution is 6.30. The number of ether oxygens (including phenoxy) is 3. The molecule has 3 rings (SSSR count). The van der Waals surface area contributed by atoms with Crippen molar-refractivity contribution < 1.29 is 32.6 Å². The largest absolute Gasteiger partial charge is 0.453 e. The first-order valence-electron chi connectivity index (χ1n) is 13.2. The monoisotopic (exact) mass is 560 g/mol. The number of rotatable bonds is 11. The first-order valence-corrected chi connectivity index (χ1v) is 13.6. The smallest absolute Gasteiger partial charge is 0.406 e. The second-order valence-corrected chi connectivity index (χ2v) is 10.2. The minimum atomic E-state index is -0.885.